The molecule has 0 aromatic heterocycles. The van der Waals surface area contributed by atoms with Crippen molar-refractivity contribution in [2.45, 2.75) is 38.8 Å². The summed E-state index contributed by atoms with van der Waals surface area (Å²) >= 11 is 0. The maximum absolute atomic E-state index is 12.4. The molecule has 2 atom stereocenters. The second kappa shape index (κ2) is 8.30. The summed E-state index contributed by atoms with van der Waals surface area (Å²) in [6, 6.07) is 10.2. The van der Waals surface area contributed by atoms with Crippen LogP contribution in [0.25, 0.3) is 0 Å². The molecule has 1 aliphatic rings. The number of methoxy groups -OCH3 is 1. The molecular weight excluding hydrogens is 276 g/mol. The van der Waals surface area contributed by atoms with Gasteiger partial charge in [-0.2, -0.15) is 0 Å². The van der Waals surface area contributed by atoms with Crippen LogP contribution in [0.5, 0.6) is 0 Å². The molecule has 1 aromatic rings. The van der Waals surface area contributed by atoms with Gasteiger partial charge in [-0.1, -0.05) is 30.3 Å². The Morgan fingerprint density at radius 1 is 1.36 bits per heavy atom. The molecule has 122 valence electrons. The van der Waals surface area contributed by atoms with E-state index in [4.69, 9.17) is 4.74 Å². The SMILES string of the molecule is CO[C@H](C(=O)NC[C@H]1CCCN(C(C)C)C1)c1ccccc1. The molecule has 1 saturated heterocycles. The summed E-state index contributed by atoms with van der Waals surface area (Å²) in [5.41, 5.74) is 0.898. The summed E-state index contributed by atoms with van der Waals surface area (Å²) in [5.74, 6) is 0.490. The number of ether oxygens (including phenoxy) is 1. The van der Waals surface area contributed by atoms with Crippen molar-refractivity contribution >= 4 is 5.91 Å². The highest BCUT2D eigenvalue weighted by molar-refractivity contribution is 5.82. The minimum Gasteiger partial charge on any atom is -0.367 e. The van der Waals surface area contributed by atoms with Gasteiger partial charge in [0.05, 0.1) is 0 Å². The number of piperidine rings is 1. The molecule has 1 fully saturated rings. The highest BCUT2D eigenvalue weighted by atomic mass is 16.5. The van der Waals surface area contributed by atoms with Crippen molar-refractivity contribution in [1.82, 2.24) is 10.2 Å². The Kier molecular flexibility index (Phi) is 6.40. The van der Waals surface area contributed by atoms with Crippen LogP contribution >= 0.6 is 0 Å². The predicted molar refractivity (Wildman–Crippen MR) is 88.6 cm³/mol. The van der Waals surface area contributed by atoms with Crippen LogP contribution in [0.1, 0.15) is 38.4 Å². The minimum absolute atomic E-state index is 0.0460. The van der Waals surface area contributed by atoms with Crippen molar-refractivity contribution < 1.29 is 9.53 Å². The summed E-state index contributed by atoms with van der Waals surface area (Å²) in [7, 11) is 1.58. The number of rotatable bonds is 6. The Labute approximate surface area is 133 Å². The lowest BCUT2D eigenvalue weighted by atomic mass is 9.97. The van der Waals surface area contributed by atoms with Crippen LogP contribution in [-0.2, 0) is 9.53 Å². The van der Waals surface area contributed by atoms with Crippen molar-refractivity contribution in [3.63, 3.8) is 0 Å². The summed E-state index contributed by atoms with van der Waals surface area (Å²) in [5, 5.41) is 3.07. The Balaban J connectivity index is 1.86. The zero-order chi connectivity index (χ0) is 15.9. The number of nitrogens with zero attached hydrogens (tertiary/aromatic N) is 1. The average molecular weight is 304 g/mol. The number of carbonyl (C=O) groups is 1. The van der Waals surface area contributed by atoms with Crippen LogP contribution in [-0.4, -0.2) is 43.6 Å². The molecule has 1 amide bonds. The topological polar surface area (TPSA) is 41.6 Å². The molecule has 1 aliphatic heterocycles. The van der Waals surface area contributed by atoms with E-state index in [1.165, 1.54) is 19.4 Å². The third kappa shape index (κ3) is 4.55. The first-order valence-corrected chi connectivity index (χ1v) is 8.21. The smallest absolute Gasteiger partial charge is 0.253 e. The van der Waals surface area contributed by atoms with Crippen molar-refractivity contribution in [1.29, 1.82) is 0 Å². The molecule has 0 aliphatic carbocycles. The van der Waals surface area contributed by atoms with Gasteiger partial charge < -0.3 is 15.0 Å². The van der Waals surface area contributed by atoms with Crippen LogP contribution in [0.4, 0.5) is 0 Å². The summed E-state index contributed by atoms with van der Waals surface area (Å²) in [4.78, 5) is 14.9. The van der Waals surface area contributed by atoms with Crippen molar-refractivity contribution in [3.8, 4) is 0 Å². The van der Waals surface area contributed by atoms with E-state index >= 15 is 0 Å². The van der Waals surface area contributed by atoms with E-state index in [0.29, 0.717) is 12.0 Å². The first-order chi connectivity index (χ1) is 10.6. The fourth-order valence-electron chi connectivity index (χ4n) is 3.09. The highest BCUT2D eigenvalue weighted by Gasteiger charge is 2.24. The van der Waals surface area contributed by atoms with E-state index in [1.807, 2.05) is 30.3 Å². The molecule has 22 heavy (non-hydrogen) atoms. The number of hydrogen-bond acceptors (Lipinski definition) is 3. The van der Waals surface area contributed by atoms with Crippen LogP contribution in [0.2, 0.25) is 0 Å². The zero-order valence-electron chi connectivity index (χ0n) is 13.9. The summed E-state index contributed by atoms with van der Waals surface area (Å²) < 4.78 is 5.37. The third-order valence-electron chi connectivity index (χ3n) is 4.42. The van der Waals surface area contributed by atoms with E-state index in [0.717, 1.165) is 18.7 Å². The van der Waals surface area contributed by atoms with Gasteiger partial charge in [-0.05, 0) is 44.7 Å². The lowest BCUT2D eigenvalue weighted by Gasteiger charge is -2.35. The monoisotopic (exact) mass is 304 g/mol. The molecule has 1 N–H and O–H groups in total. The molecule has 0 saturated carbocycles. The Morgan fingerprint density at radius 3 is 2.73 bits per heavy atom. The molecule has 2 rings (SSSR count). The normalized spacial score (nSPS) is 20.8. The van der Waals surface area contributed by atoms with Gasteiger partial charge in [0.25, 0.3) is 5.91 Å². The van der Waals surface area contributed by atoms with Gasteiger partial charge in [0.2, 0.25) is 0 Å². The van der Waals surface area contributed by atoms with Crippen molar-refractivity contribution in [3.05, 3.63) is 35.9 Å². The summed E-state index contributed by atoms with van der Waals surface area (Å²) in [6.07, 6.45) is 1.88. The lowest BCUT2D eigenvalue weighted by Crippen LogP contribution is -2.44. The number of benzene rings is 1. The van der Waals surface area contributed by atoms with Gasteiger partial charge in [-0.15, -0.1) is 0 Å². The van der Waals surface area contributed by atoms with Crippen LogP contribution in [0.3, 0.4) is 0 Å². The van der Waals surface area contributed by atoms with E-state index in [1.54, 1.807) is 7.11 Å². The van der Waals surface area contributed by atoms with Crippen LogP contribution in [0, 0.1) is 5.92 Å². The van der Waals surface area contributed by atoms with Gasteiger partial charge in [0.1, 0.15) is 0 Å². The second-order valence-electron chi connectivity index (χ2n) is 6.37. The number of nitrogens with one attached hydrogen (secondary N) is 1. The number of amides is 1. The Morgan fingerprint density at radius 2 is 2.09 bits per heavy atom. The van der Waals surface area contributed by atoms with Gasteiger partial charge in [0, 0.05) is 26.2 Å². The number of carbonyl (C=O) groups excluding carboxylic acids is 1. The Hall–Kier alpha value is -1.39. The first-order valence-electron chi connectivity index (χ1n) is 8.21. The number of likely N-dealkylation sites (tertiary alicyclic amines) is 1. The first kappa shape index (κ1) is 17.0. The van der Waals surface area contributed by atoms with Crippen molar-refractivity contribution in [2.75, 3.05) is 26.7 Å². The van der Waals surface area contributed by atoms with E-state index in [2.05, 4.69) is 24.1 Å². The molecule has 0 bridgehead atoms. The highest BCUT2D eigenvalue weighted by Crippen LogP contribution is 2.19. The fraction of sp³-hybridized carbons (Fsp3) is 0.611. The van der Waals surface area contributed by atoms with E-state index in [9.17, 15) is 4.79 Å². The quantitative estimate of drug-likeness (QED) is 0.878. The second-order valence-corrected chi connectivity index (χ2v) is 6.37. The molecule has 4 nitrogen and oxygen atoms in total. The average Bonchev–Trinajstić information content (AvgIpc) is 2.55. The molecule has 1 aromatic carbocycles. The van der Waals surface area contributed by atoms with Crippen LogP contribution in [0.15, 0.2) is 30.3 Å². The standard InChI is InChI=1S/C18H28N2O2/c1-14(2)20-11-7-8-15(13-20)12-19-18(21)17(22-3)16-9-5-4-6-10-16/h4-6,9-10,14-15,17H,7-8,11-13H2,1-3H3,(H,19,21)/t15-,17+/m1/s1. The van der Waals surface area contributed by atoms with Gasteiger partial charge in [-0.25, -0.2) is 0 Å². The molecule has 0 unspecified atom stereocenters. The fourth-order valence-corrected chi connectivity index (χ4v) is 3.09. The maximum atomic E-state index is 12.4. The van der Waals surface area contributed by atoms with Gasteiger partial charge in [-0.3, -0.25) is 4.79 Å². The van der Waals surface area contributed by atoms with Gasteiger partial charge >= 0.3 is 0 Å². The lowest BCUT2D eigenvalue weighted by molar-refractivity contribution is -0.131. The summed E-state index contributed by atoms with van der Waals surface area (Å²) in [6.45, 7) is 7.44. The molecule has 0 spiro atoms. The molecule has 4 heteroatoms. The maximum Gasteiger partial charge on any atom is 0.253 e. The Bertz CT molecular complexity index is 461. The molecule has 1 heterocycles. The third-order valence-corrected chi connectivity index (χ3v) is 4.42. The van der Waals surface area contributed by atoms with E-state index in [-0.39, 0.29) is 5.91 Å². The van der Waals surface area contributed by atoms with Crippen LogP contribution < -0.4 is 5.32 Å². The van der Waals surface area contributed by atoms with Crippen molar-refractivity contribution in [2.24, 2.45) is 5.92 Å². The zero-order valence-corrected chi connectivity index (χ0v) is 13.9. The van der Waals surface area contributed by atoms with Gasteiger partial charge in [0.15, 0.2) is 6.10 Å². The molecule has 0 radical (unpaired) electrons. The predicted octanol–water partition coefficient (Wildman–Crippen LogP) is 2.61. The largest absolute Gasteiger partial charge is 0.367 e. The molecular formula is C18H28N2O2. The minimum atomic E-state index is -0.522. The number of hydrogen-bond donors (Lipinski definition) is 1. The van der Waals surface area contributed by atoms with E-state index < -0.39 is 6.10 Å².